The van der Waals surface area contributed by atoms with E-state index in [2.05, 4.69) is 45.5 Å². The molecule has 0 aromatic heterocycles. The molecule has 0 rings (SSSR count). The third-order valence-electron chi connectivity index (χ3n) is 1.96. The highest BCUT2D eigenvalue weighted by atomic mass is 32.7. The van der Waals surface area contributed by atoms with Crippen molar-refractivity contribution in [2.45, 2.75) is 40.3 Å². The van der Waals surface area contributed by atoms with Crippen LogP contribution in [0.15, 0.2) is 0 Å². The van der Waals surface area contributed by atoms with Gasteiger partial charge in [0.1, 0.15) is 0 Å². The van der Waals surface area contributed by atoms with Gasteiger partial charge in [-0.1, -0.05) is 47.5 Å². The summed E-state index contributed by atoms with van der Waals surface area (Å²) in [5.41, 5.74) is 0. The largest absolute Gasteiger partial charge is 0.212 e. The Balaban J connectivity index is 3.39. The lowest BCUT2D eigenvalue weighted by Crippen LogP contribution is -2.02. The lowest BCUT2D eigenvalue weighted by atomic mass is 9.73. The van der Waals surface area contributed by atoms with Crippen LogP contribution >= 0.6 is 18.4 Å². The third-order valence-corrected chi connectivity index (χ3v) is 6.74. The van der Waals surface area contributed by atoms with Crippen molar-refractivity contribution in [1.29, 1.82) is 0 Å². The van der Waals surface area contributed by atoms with Gasteiger partial charge in [-0.3, -0.25) is 0 Å². The highest BCUT2D eigenvalue weighted by Crippen LogP contribution is 2.47. The van der Waals surface area contributed by atoms with Crippen LogP contribution in [-0.2, 0) is 0 Å². The first-order valence-electron chi connectivity index (χ1n) is 4.94. The molecule has 0 spiro atoms. The molecule has 0 aliphatic rings. The second kappa shape index (κ2) is 7.27. The van der Waals surface area contributed by atoms with Crippen LogP contribution in [0, 0.1) is 5.92 Å². The second-order valence-corrected chi connectivity index (χ2v) is 9.24. The third kappa shape index (κ3) is 7.49. The molecule has 1 unspecified atom stereocenters. The summed E-state index contributed by atoms with van der Waals surface area (Å²) >= 11 is 2.21. The van der Waals surface area contributed by atoms with Crippen molar-refractivity contribution in [1.82, 2.24) is 0 Å². The molecule has 0 amide bonds. The molecular formula is C9H22BPS. The highest BCUT2D eigenvalue weighted by Gasteiger charge is 2.11. The van der Waals surface area contributed by atoms with Crippen molar-refractivity contribution in [3.05, 3.63) is 0 Å². The molecule has 0 saturated heterocycles. The van der Waals surface area contributed by atoms with E-state index in [0.29, 0.717) is 0 Å². The molecule has 12 heavy (non-hydrogen) atoms. The van der Waals surface area contributed by atoms with E-state index in [0.717, 1.165) is 11.9 Å². The van der Waals surface area contributed by atoms with Gasteiger partial charge in [0.25, 0.3) is 0 Å². The quantitative estimate of drug-likeness (QED) is 0.455. The Morgan fingerprint density at radius 3 is 2.42 bits per heavy atom. The SMILES string of the molecule is CCP(C)SB(C)CCC(C)C. The molecule has 0 fully saturated rings. The zero-order valence-electron chi connectivity index (χ0n) is 9.13. The summed E-state index contributed by atoms with van der Waals surface area (Å²) in [6.07, 6.45) is 4.15. The van der Waals surface area contributed by atoms with E-state index < -0.39 is 0 Å². The fourth-order valence-corrected chi connectivity index (χ4v) is 4.61. The van der Waals surface area contributed by atoms with Crippen LogP contribution < -0.4 is 0 Å². The summed E-state index contributed by atoms with van der Waals surface area (Å²) in [6, 6.07) is 0. The van der Waals surface area contributed by atoms with Crippen LogP contribution in [0.25, 0.3) is 0 Å². The molecule has 0 aliphatic carbocycles. The van der Waals surface area contributed by atoms with Gasteiger partial charge in [0.2, 0.25) is 5.99 Å². The maximum absolute atomic E-state index is 2.39. The van der Waals surface area contributed by atoms with Crippen LogP contribution in [0.5, 0.6) is 0 Å². The normalized spacial score (nSPS) is 13.5. The predicted octanol–water partition coefficient (Wildman–Crippen LogP) is 4.43. The minimum absolute atomic E-state index is 0.268. The molecule has 1 atom stereocenters. The fraction of sp³-hybridized carbons (Fsp3) is 1.00. The first-order valence-corrected chi connectivity index (χ1v) is 8.40. The van der Waals surface area contributed by atoms with Crippen molar-refractivity contribution in [2.24, 2.45) is 5.92 Å². The molecular weight excluding hydrogens is 182 g/mol. The molecule has 0 heterocycles. The summed E-state index contributed by atoms with van der Waals surface area (Å²) in [5, 5.41) is 0. The van der Waals surface area contributed by atoms with Gasteiger partial charge >= 0.3 is 0 Å². The van der Waals surface area contributed by atoms with Crippen LogP contribution in [0.4, 0.5) is 0 Å². The van der Waals surface area contributed by atoms with E-state index in [-0.39, 0.29) is 7.12 Å². The second-order valence-electron chi connectivity index (χ2n) is 3.83. The Bertz CT molecular complexity index is 109. The first-order chi connectivity index (χ1) is 5.56. The number of hydrogen-bond donors (Lipinski definition) is 0. The van der Waals surface area contributed by atoms with Crippen LogP contribution in [0.1, 0.15) is 27.2 Å². The molecule has 0 saturated carbocycles. The van der Waals surface area contributed by atoms with Gasteiger partial charge < -0.3 is 0 Å². The van der Waals surface area contributed by atoms with Crippen molar-refractivity contribution in [2.75, 3.05) is 12.8 Å². The number of hydrogen-bond acceptors (Lipinski definition) is 1. The summed E-state index contributed by atoms with van der Waals surface area (Å²) in [5.74, 6) is 1.75. The topological polar surface area (TPSA) is 0 Å². The standard InChI is InChI=1S/C9H22BPS/c1-6-11(5)12-10(4)8-7-9(2)3/h9H,6-8H2,1-5H3. The Hall–Kier alpha value is 0.845. The van der Waals surface area contributed by atoms with E-state index in [4.69, 9.17) is 0 Å². The Morgan fingerprint density at radius 2 is 2.00 bits per heavy atom. The van der Waals surface area contributed by atoms with Gasteiger partial charge in [-0.15, -0.1) is 0 Å². The molecule has 0 aromatic rings. The van der Waals surface area contributed by atoms with Crippen LogP contribution in [0.3, 0.4) is 0 Å². The van der Waals surface area contributed by atoms with E-state index in [1.165, 1.54) is 18.9 Å². The summed E-state index contributed by atoms with van der Waals surface area (Å²) in [4.78, 5) is 0. The molecule has 0 radical (unpaired) electrons. The van der Waals surface area contributed by atoms with E-state index in [9.17, 15) is 0 Å². The molecule has 0 bridgehead atoms. The van der Waals surface area contributed by atoms with Gasteiger partial charge in [-0.2, -0.15) is 11.2 Å². The van der Waals surface area contributed by atoms with Gasteiger partial charge in [-0.25, -0.2) is 0 Å². The molecule has 72 valence electrons. The van der Waals surface area contributed by atoms with E-state index >= 15 is 0 Å². The maximum atomic E-state index is 2.39. The lowest BCUT2D eigenvalue weighted by molar-refractivity contribution is 0.624. The Labute approximate surface area is 83.8 Å². The minimum atomic E-state index is 0.268. The summed E-state index contributed by atoms with van der Waals surface area (Å²) in [7, 11) is 0.268. The predicted molar refractivity (Wildman–Crippen MR) is 66.9 cm³/mol. The van der Waals surface area contributed by atoms with Gasteiger partial charge in [-0.05, 0) is 18.7 Å². The molecule has 3 heteroatoms. The molecule has 0 nitrogen and oxygen atoms in total. The summed E-state index contributed by atoms with van der Waals surface area (Å²) < 4.78 is 0. The van der Waals surface area contributed by atoms with Gasteiger partial charge in [0.05, 0.1) is 0 Å². The Morgan fingerprint density at radius 1 is 1.42 bits per heavy atom. The number of rotatable bonds is 6. The van der Waals surface area contributed by atoms with Gasteiger partial charge in [0.15, 0.2) is 0 Å². The van der Waals surface area contributed by atoms with Crippen molar-refractivity contribution < 1.29 is 0 Å². The van der Waals surface area contributed by atoms with Gasteiger partial charge in [0, 0.05) is 0 Å². The highest BCUT2D eigenvalue weighted by molar-refractivity contribution is 8.68. The zero-order valence-corrected chi connectivity index (χ0v) is 10.8. The average molecular weight is 204 g/mol. The lowest BCUT2D eigenvalue weighted by Gasteiger charge is -2.14. The Kier molecular flexibility index (Phi) is 7.78. The molecule has 0 aliphatic heterocycles. The van der Waals surface area contributed by atoms with E-state index in [1.54, 1.807) is 0 Å². The monoisotopic (exact) mass is 204 g/mol. The van der Waals surface area contributed by atoms with Crippen LogP contribution in [-0.4, -0.2) is 18.8 Å². The zero-order chi connectivity index (χ0) is 9.56. The molecule has 0 aromatic carbocycles. The van der Waals surface area contributed by atoms with E-state index in [1.807, 2.05) is 0 Å². The fourth-order valence-electron chi connectivity index (χ4n) is 1.00. The summed E-state index contributed by atoms with van der Waals surface area (Å²) in [6.45, 7) is 11.7. The van der Waals surface area contributed by atoms with Crippen molar-refractivity contribution >= 4 is 24.3 Å². The average Bonchev–Trinajstić information content (AvgIpc) is 2.00. The van der Waals surface area contributed by atoms with Crippen LogP contribution in [0.2, 0.25) is 13.1 Å². The minimum Gasteiger partial charge on any atom is -0.183 e. The molecule has 0 N–H and O–H groups in total. The van der Waals surface area contributed by atoms with Crippen molar-refractivity contribution in [3.8, 4) is 0 Å². The maximum Gasteiger partial charge on any atom is 0.212 e. The first kappa shape index (κ1) is 12.8. The smallest absolute Gasteiger partial charge is 0.183 e. The van der Waals surface area contributed by atoms with Crippen molar-refractivity contribution in [3.63, 3.8) is 0 Å².